The van der Waals surface area contributed by atoms with Gasteiger partial charge in [-0.25, -0.2) is 0 Å². The van der Waals surface area contributed by atoms with Gasteiger partial charge in [-0.2, -0.15) is 0 Å². The molecule has 4 aliphatic carbocycles. The first kappa shape index (κ1) is 8.28. The maximum Gasteiger partial charge on any atom is 0.143 e. The van der Waals surface area contributed by atoms with Crippen LogP contribution in [0.15, 0.2) is 0 Å². The van der Waals surface area contributed by atoms with E-state index in [-0.39, 0.29) is 5.41 Å². The predicted molar refractivity (Wildman–Crippen MR) is 51.7 cm³/mol. The summed E-state index contributed by atoms with van der Waals surface area (Å²) in [6.07, 6.45) is 5.93. The van der Waals surface area contributed by atoms with Crippen molar-refractivity contribution in [3.63, 3.8) is 0 Å². The molecule has 72 valence electrons. The monoisotopic (exact) mass is 198 g/mol. The molecule has 0 amide bonds. The van der Waals surface area contributed by atoms with Crippen molar-refractivity contribution in [1.29, 1.82) is 0 Å². The second-order valence-electron chi connectivity index (χ2n) is 5.32. The molecule has 0 aromatic carbocycles. The standard InChI is InChI=1S/C11H15ClO/c12-6-11-4-7-1-8(5-11)3-9(2-7)10(11)13/h7-9H,1-6H2. The van der Waals surface area contributed by atoms with Crippen molar-refractivity contribution in [2.24, 2.45) is 23.2 Å². The van der Waals surface area contributed by atoms with Crippen molar-refractivity contribution in [3.8, 4) is 0 Å². The van der Waals surface area contributed by atoms with Gasteiger partial charge in [0.15, 0.2) is 0 Å². The van der Waals surface area contributed by atoms with Gasteiger partial charge < -0.3 is 0 Å². The molecule has 0 spiro atoms. The minimum absolute atomic E-state index is 0.0731. The van der Waals surface area contributed by atoms with Gasteiger partial charge in [-0.1, -0.05) is 0 Å². The molecular weight excluding hydrogens is 184 g/mol. The second-order valence-corrected chi connectivity index (χ2v) is 5.59. The van der Waals surface area contributed by atoms with Gasteiger partial charge in [-0.05, 0) is 43.9 Å². The Morgan fingerprint density at radius 3 is 2.38 bits per heavy atom. The lowest BCUT2D eigenvalue weighted by Gasteiger charge is -2.54. The van der Waals surface area contributed by atoms with Crippen LogP contribution in [-0.2, 0) is 4.79 Å². The largest absolute Gasteiger partial charge is 0.299 e. The van der Waals surface area contributed by atoms with E-state index in [0.717, 1.165) is 24.7 Å². The Kier molecular flexibility index (Phi) is 1.59. The molecule has 0 heterocycles. The van der Waals surface area contributed by atoms with Crippen LogP contribution in [-0.4, -0.2) is 11.7 Å². The molecule has 0 aliphatic heterocycles. The van der Waals surface area contributed by atoms with Crippen LogP contribution in [0.2, 0.25) is 0 Å². The average molecular weight is 199 g/mol. The molecule has 4 bridgehead atoms. The Bertz CT molecular complexity index is 247. The van der Waals surface area contributed by atoms with Crippen LogP contribution in [0.1, 0.15) is 32.1 Å². The number of Topliss-reactive ketones (excluding diaryl/α,β-unsaturated/α-hetero) is 1. The van der Waals surface area contributed by atoms with E-state index in [2.05, 4.69) is 0 Å². The van der Waals surface area contributed by atoms with Crippen molar-refractivity contribution in [3.05, 3.63) is 0 Å². The highest BCUT2D eigenvalue weighted by Crippen LogP contribution is 2.58. The number of hydrogen-bond donors (Lipinski definition) is 0. The van der Waals surface area contributed by atoms with Gasteiger partial charge in [0.25, 0.3) is 0 Å². The highest BCUT2D eigenvalue weighted by molar-refractivity contribution is 6.20. The van der Waals surface area contributed by atoms with E-state index >= 15 is 0 Å². The Labute approximate surface area is 83.8 Å². The normalized spacial score (nSPS) is 53.0. The summed E-state index contributed by atoms with van der Waals surface area (Å²) in [7, 11) is 0. The lowest BCUT2D eigenvalue weighted by molar-refractivity contribution is -0.150. The molecule has 4 aliphatic rings. The molecule has 0 radical (unpaired) electrons. The van der Waals surface area contributed by atoms with Gasteiger partial charge >= 0.3 is 0 Å². The summed E-state index contributed by atoms with van der Waals surface area (Å²) < 4.78 is 0. The molecule has 4 fully saturated rings. The summed E-state index contributed by atoms with van der Waals surface area (Å²) in [6.45, 7) is 0. The number of halogens is 1. The third-order valence-electron chi connectivity index (χ3n) is 4.41. The van der Waals surface area contributed by atoms with Gasteiger partial charge in [0, 0.05) is 17.2 Å². The molecule has 4 saturated carbocycles. The summed E-state index contributed by atoms with van der Waals surface area (Å²) in [5.74, 6) is 3.14. The topological polar surface area (TPSA) is 17.1 Å². The van der Waals surface area contributed by atoms with Gasteiger partial charge in [0.2, 0.25) is 0 Å². The van der Waals surface area contributed by atoms with Crippen LogP contribution in [0.25, 0.3) is 0 Å². The van der Waals surface area contributed by atoms with Crippen LogP contribution >= 0.6 is 11.6 Å². The molecule has 2 heteroatoms. The fourth-order valence-corrected chi connectivity index (χ4v) is 4.46. The maximum absolute atomic E-state index is 12.0. The lowest BCUT2D eigenvalue weighted by Crippen LogP contribution is -2.54. The molecule has 13 heavy (non-hydrogen) atoms. The quantitative estimate of drug-likeness (QED) is 0.592. The van der Waals surface area contributed by atoms with Crippen molar-refractivity contribution in [1.82, 2.24) is 0 Å². The zero-order valence-corrected chi connectivity index (χ0v) is 8.52. The van der Waals surface area contributed by atoms with Crippen LogP contribution in [0, 0.1) is 23.2 Å². The molecule has 0 N–H and O–H groups in total. The van der Waals surface area contributed by atoms with Gasteiger partial charge in [-0.15, -0.1) is 11.6 Å². The summed E-state index contributed by atoms with van der Waals surface area (Å²) in [5.41, 5.74) is -0.0731. The molecule has 4 rings (SSSR count). The van der Waals surface area contributed by atoms with Gasteiger partial charge in [0.1, 0.15) is 5.78 Å². The number of ketones is 1. The van der Waals surface area contributed by atoms with E-state index in [1.165, 1.54) is 19.3 Å². The average Bonchev–Trinajstić information content (AvgIpc) is 2.12. The van der Waals surface area contributed by atoms with Crippen molar-refractivity contribution in [2.45, 2.75) is 32.1 Å². The Morgan fingerprint density at radius 1 is 1.23 bits per heavy atom. The Balaban J connectivity index is 2.00. The minimum atomic E-state index is -0.0731. The maximum atomic E-state index is 12.0. The molecule has 0 aromatic rings. The number of alkyl halides is 1. The number of carbonyl (C=O) groups excluding carboxylic acids is 1. The van der Waals surface area contributed by atoms with Crippen LogP contribution in [0.5, 0.6) is 0 Å². The Morgan fingerprint density at radius 2 is 1.85 bits per heavy atom. The summed E-state index contributed by atoms with van der Waals surface area (Å²) in [5, 5.41) is 0. The lowest BCUT2D eigenvalue weighted by atomic mass is 9.49. The van der Waals surface area contributed by atoms with Crippen molar-refractivity contribution >= 4 is 17.4 Å². The van der Waals surface area contributed by atoms with E-state index < -0.39 is 0 Å². The highest BCUT2D eigenvalue weighted by Gasteiger charge is 2.56. The number of hydrogen-bond acceptors (Lipinski definition) is 1. The van der Waals surface area contributed by atoms with E-state index in [1.807, 2.05) is 0 Å². The van der Waals surface area contributed by atoms with Crippen LogP contribution in [0.4, 0.5) is 0 Å². The molecule has 2 unspecified atom stereocenters. The SMILES string of the molecule is O=C1C2CC3CC(C2)CC1(CCl)C3. The smallest absolute Gasteiger partial charge is 0.143 e. The van der Waals surface area contributed by atoms with E-state index in [9.17, 15) is 4.79 Å². The third kappa shape index (κ3) is 0.971. The fraction of sp³-hybridized carbons (Fsp3) is 0.909. The third-order valence-corrected chi connectivity index (χ3v) is 4.92. The zero-order chi connectivity index (χ0) is 9.05. The Hall–Kier alpha value is -0.0400. The van der Waals surface area contributed by atoms with Crippen LogP contribution in [0.3, 0.4) is 0 Å². The molecule has 1 nitrogen and oxygen atoms in total. The van der Waals surface area contributed by atoms with E-state index in [1.54, 1.807) is 0 Å². The minimum Gasteiger partial charge on any atom is -0.299 e. The summed E-state index contributed by atoms with van der Waals surface area (Å²) >= 11 is 6.00. The number of rotatable bonds is 1. The van der Waals surface area contributed by atoms with Crippen LogP contribution < -0.4 is 0 Å². The molecular formula is C11H15ClO. The summed E-state index contributed by atoms with van der Waals surface area (Å²) in [4.78, 5) is 12.0. The first-order valence-corrected chi connectivity index (χ1v) is 5.87. The van der Waals surface area contributed by atoms with E-state index in [0.29, 0.717) is 17.6 Å². The zero-order valence-electron chi connectivity index (χ0n) is 7.76. The second kappa shape index (κ2) is 2.50. The predicted octanol–water partition coefficient (Wildman–Crippen LogP) is 2.62. The highest BCUT2D eigenvalue weighted by atomic mass is 35.5. The van der Waals surface area contributed by atoms with E-state index in [4.69, 9.17) is 11.6 Å². The molecule has 2 atom stereocenters. The van der Waals surface area contributed by atoms with Crippen molar-refractivity contribution in [2.75, 3.05) is 5.88 Å². The first-order valence-electron chi connectivity index (χ1n) is 5.34. The van der Waals surface area contributed by atoms with Gasteiger partial charge in [-0.3, -0.25) is 4.79 Å². The molecule has 0 saturated heterocycles. The summed E-state index contributed by atoms with van der Waals surface area (Å²) in [6, 6.07) is 0. The van der Waals surface area contributed by atoms with Crippen molar-refractivity contribution < 1.29 is 4.79 Å². The fourth-order valence-electron chi connectivity index (χ4n) is 4.11. The first-order chi connectivity index (χ1) is 6.23. The molecule has 0 aromatic heterocycles. The van der Waals surface area contributed by atoms with Gasteiger partial charge in [0.05, 0.1) is 0 Å². The number of carbonyl (C=O) groups is 1.